The first-order chi connectivity index (χ1) is 11.7. The molecule has 0 aliphatic carbocycles. The number of hydrogen-bond acceptors (Lipinski definition) is 5. The number of nitrogens with zero attached hydrogens (tertiary/aromatic N) is 2. The van der Waals surface area contributed by atoms with Gasteiger partial charge in [0.1, 0.15) is 5.75 Å². The maximum absolute atomic E-state index is 11.8. The third kappa shape index (κ3) is 4.14. The van der Waals surface area contributed by atoms with Gasteiger partial charge in [0.2, 0.25) is 0 Å². The largest absolute Gasteiger partial charge is 0.497 e. The number of amides is 1. The third-order valence-corrected chi connectivity index (χ3v) is 4.08. The fraction of sp³-hybridized carbons (Fsp3) is 0.118. The van der Waals surface area contributed by atoms with E-state index in [1.807, 2.05) is 48.5 Å². The van der Waals surface area contributed by atoms with Gasteiger partial charge in [-0.3, -0.25) is 4.79 Å². The first-order valence-electron chi connectivity index (χ1n) is 7.28. The fourth-order valence-corrected chi connectivity index (χ4v) is 2.74. The van der Waals surface area contributed by atoms with Gasteiger partial charge in [-0.1, -0.05) is 36.0 Å². The van der Waals surface area contributed by atoms with E-state index >= 15 is 0 Å². The van der Waals surface area contributed by atoms with Crippen molar-refractivity contribution >= 4 is 34.9 Å². The minimum Gasteiger partial charge on any atom is -0.497 e. The molecule has 0 spiro atoms. The van der Waals surface area contributed by atoms with Crippen LogP contribution in [0.1, 0.15) is 5.56 Å². The van der Waals surface area contributed by atoms with Crippen molar-refractivity contribution in [2.24, 2.45) is 5.10 Å². The standard InChI is InChI=1S/C17H16N4O2S/c1-23-13-6-4-5-12(9-13)10-18-21-16(22)11-24-17-19-14-7-2-3-8-15(14)20-17/h2-10H,11H2,1H3,(H,19,20)(H,21,22)/b18-10-. The average Bonchev–Trinajstić information content (AvgIpc) is 3.03. The molecule has 6 nitrogen and oxygen atoms in total. The molecule has 0 atom stereocenters. The van der Waals surface area contributed by atoms with Gasteiger partial charge < -0.3 is 9.72 Å². The van der Waals surface area contributed by atoms with Crippen LogP contribution in [-0.4, -0.2) is 35.0 Å². The molecule has 0 unspecified atom stereocenters. The van der Waals surface area contributed by atoms with Gasteiger partial charge in [-0.15, -0.1) is 0 Å². The molecule has 0 bridgehead atoms. The summed E-state index contributed by atoms with van der Waals surface area (Å²) >= 11 is 1.33. The van der Waals surface area contributed by atoms with Crippen LogP contribution in [0.5, 0.6) is 5.75 Å². The number of nitrogens with one attached hydrogen (secondary N) is 2. The van der Waals surface area contributed by atoms with Crippen molar-refractivity contribution in [3.63, 3.8) is 0 Å². The van der Waals surface area contributed by atoms with Crippen LogP contribution in [0, 0.1) is 0 Å². The van der Waals surface area contributed by atoms with Gasteiger partial charge in [0, 0.05) is 0 Å². The number of aromatic amines is 1. The maximum Gasteiger partial charge on any atom is 0.250 e. The summed E-state index contributed by atoms with van der Waals surface area (Å²) in [6.45, 7) is 0. The molecule has 2 aromatic carbocycles. The van der Waals surface area contributed by atoms with E-state index in [0.717, 1.165) is 22.3 Å². The van der Waals surface area contributed by atoms with Gasteiger partial charge in [0.15, 0.2) is 5.16 Å². The fourth-order valence-electron chi connectivity index (χ4n) is 2.06. The lowest BCUT2D eigenvalue weighted by Gasteiger charge is -2.00. The monoisotopic (exact) mass is 340 g/mol. The number of carbonyl (C=O) groups excluding carboxylic acids is 1. The summed E-state index contributed by atoms with van der Waals surface area (Å²) in [4.78, 5) is 19.4. The number of aromatic nitrogens is 2. The van der Waals surface area contributed by atoms with E-state index in [0.29, 0.717) is 5.16 Å². The first kappa shape index (κ1) is 16.1. The molecule has 0 aliphatic heterocycles. The van der Waals surface area contributed by atoms with Crippen molar-refractivity contribution in [3.8, 4) is 5.75 Å². The number of fused-ring (bicyclic) bond motifs is 1. The quantitative estimate of drug-likeness (QED) is 0.411. The zero-order valence-corrected chi connectivity index (χ0v) is 13.8. The molecule has 1 heterocycles. The highest BCUT2D eigenvalue weighted by molar-refractivity contribution is 7.99. The highest BCUT2D eigenvalue weighted by atomic mass is 32.2. The lowest BCUT2D eigenvalue weighted by Crippen LogP contribution is -2.19. The summed E-state index contributed by atoms with van der Waals surface area (Å²) in [5.74, 6) is 0.778. The van der Waals surface area contributed by atoms with Gasteiger partial charge in [0.25, 0.3) is 5.91 Å². The van der Waals surface area contributed by atoms with E-state index in [9.17, 15) is 4.79 Å². The maximum atomic E-state index is 11.8. The van der Waals surface area contributed by atoms with Crippen LogP contribution in [0.3, 0.4) is 0 Å². The van der Waals surface area contributed by atoms with Gasteiger partial charge in [-0.2, -0.15) is 5.10 Å². The summed E-state index contributed by atoms with van der Waals surface area (Å²) in [5.41, 5.74) is 5.19. The third-order valence-electron chi connectivity index (χ3n) is 3.20. The number of rotatable bonds is 6. The van der Waals surface area contributed by atoms with Crippen LogP contribution in [-0.2, 0) is 4.79 Å². The molecule has 0 fully saturated rings. The molecule has 1 amide bonds. The van der Waals surface area contributed by atoms with Crippen LogP contribution in [0.4, 0.5) is 0 Å². The second kappa shape index (κ2) is 7.65. The van der Waals surface area contributed by atoms with Crippen LogP contribution in [0.2, 0.25) is 0 Å². The second-order valence-corrected chi connectivity index (χ2v) is 5.88. The summed E-state index contributed by atoms with van der Waals surface area (Å²) in [6, 6.07) is 15.2. The normalized spacial score (nSPS) is 11.0. The lowest BCUT2D eigenvalue weighted by atomic mass is 10.2. The topological polar surface area (TPSA) is 79.4 Å². The van der Waals surface area contributed by atoms with E-state index in [4.69, 9.17) is 4.74 Å². The summed E-state index contributed by atoms with van der Waals surface area (Å²) < 4.78 is 5.13. The summed E-state index contributed by atoms with van der Waals surface area (Å²) in [6.07, 6.45) is 1.58. The van der Waals surface area contributed by atoms with Crippen molar-refractivity contribution in [2.45, 2.75) is 5.16 Å². The minimum atomic E-state index is -0.195. The van der Waals surface area contributed by atoms with Crippen molar-refractivity contribution < 1.29 is 9.53 Å². The molecule has 2 N–H and O–H groups in total. The number of H-pyrrole nitrogens is 1. The number of para-hydroxylation sites is 2. The van der Waals surface area contributed by atoms with E-state index in [1.54, 1.807) is 13.3 Å². The number of imidazole rings is 1. The SMILES string of the molecule is COc1cccc(/C=N\NC(=O)CSc2nc3ccccc3[nH]2)c1. The molecule has 0 aliphatic rings. The molecule has 122 valence electrons. The number of hydrogen-bond donors (Lipinski definition) is 2. The van der Waals surface area contributed by atoms with Crippen LogP contribution < -0.4 is 10.2 Å². The average molecular weight is 340 g/mol. The second-order valence-electron chi connectivity index (χ2n) is 4.92. The first-order valence-corrected chi connectivity index (χ1v) is 8.26. The predicted octanol–water partition coefficient (Wildman–Crippen LogP) is 2.81. The number of benzene rings is 2. The highest BCUT2D eigenvalue weighted by Crippen LogP contribution is 2.18. The number of thioether (sulfide) groups is 1. The highest BCUT2D eigenvalue weighted by Gasteiger charge is 2.06. The molecule has 3 rings (SSSR count). The van der Waals surface area contributed by atoms with Crippen molar-refractivity contribution in [3.05, 3.63) is 54.1 Å². The minimum absolute atomic E-state index is 0.195. The molecule has 0 radical (unpaired) electrons. The Hall–Kier alpha value is -2.80. The Kier molecular flexibility index (Phi) is 5.12. The lowest BCUT2D eigenvalue weighted by molar-refractivity contribution is -0.118. The number of carbonyl (C=O) groups is 1. The zero-order valence-electron chi connectivity index (χ0n) is 13.0. The van der Waals surface area contributed by atoms with Gasteiger partial charge in [-0.25, -0.2) is 10.4 Å². The predicted molar refractivity (Wildman–Crippen MR) is 95.5 cm³/mol. The number of ether oxygens (including phenoxy) is 1. The van der Waals surface area contributed by atoms with E-state index in [2.05, 4.69) is 20.5 Å². The molecule has 24 heavy (non-hydrogen) atoms. The van der Waals surface area contributed by atoms with Crippen molar-refractivity contribution in [1.82, 2.24) is 15.4 Å². The Morgan fingerprint density at radius 3 is 3.04 bits per heavy atom. The molecular formula is C17H16N4O2S. The smallest absolute Gasteiger partial charge is 0.250 e. The van der Waals surface area contributed by atoms with E-state index in [-0.39, 0.29) is 11.7 Å². The summed E-state index contributed by atoms with van der Waals surface area (Å²) in [5, 5.41) is 4.66. The Bertz CT molecular complexity index is 843. The Morgan fingerprint density at radius 1 is 1.33 bits per heavy atom. The number of hydrazone groups is 1. The van der Waals surface area contributed by atoms with Crippen molar-refractivity contribution in [2.75, 3.05) is 12.9 Å². The van der Waals surface area contributed by atoms with E-state index < -0.39 is 0 Å². The van der Waals surface area contributed by atoms with Crippen molar-refractivity contribution in [1.29, 1.82) is 0 Å². The number of methoxy groups -OCH3 is 1. The molecule has 1 aromatic heterocycles. The molecule has 3 aromatic rings. The molecule has 0 saturated heterocycles. The van der Waals surface area contributed by atoms with Crippen LogP contribution in [0.25, 0.3) is 11.0 Å². The zero-order chi connectivity index (χ0) is 16.8. The van der Waals surface area contributed by atoms with E-state index in [1.165, 1.54) is 11.8 Å². The van der Waals surface area contributed by atoms with Gasteiger partial charge in [0.05, 0.1) is 30.1 Å². The Balaban J connectivity index is 1.51. The Morgan fingerprint density at radius 2 is 2.21 bits per heavy atom. The summed E-state index contributed by atoms with van der Waals surface area (Å²) in [7, 11) is 1.60. The molecule has 7 heteroatoms. The Labute approximate surface area is 143 Å². The molecular weight excluding hydrogens is 324 g/mol. The molecule has 0 saturated carbocycles. The van der Waals surface area contributed by atoms with Crippen LogP contribution >= 0.6 is 11.8 Å². The van der Waals surface area contributed by atoms with Gasteiger partial charge >= 0.3 is 0 Å². The van der Waals surface area contributed by atoms with Gasteiger partial charge in [-0.05, 0) is 29.8 Å². The van der Waals surface area contributed by atoms with Crippen LogP contribution in [0.15, 0.2) is 58.8 Å².